The first kappa shape index (κ1) is 18.2. The maximum Gasteiger partial charge on any atom is 0.338 e. The molecule has 8 heteroatoms. The molecule has 26 heavy (non-hydrogen) atoms. The van der Waals surface area contributed by atoms with Crippen molar-refractivity contribution in [3.63, 3.8) is 0 Å². The van der Waals surface area contributed by atoms with Crippen molar-refractivity contribution in [1.82, 2.24) is 0 Å². The summed E-state index contributed by atoms with van der Waals surface area (Å²) in [6.07, 6.45) is 1.42. The Morgan fingerprint density at radius 1 is 1.27 bits per heavy atom. The van der Waals surface area contributed by atoms with Crippen LogP contribution >= 0.6 is 0 Å². The first-order chi connectivity index (χ1) is 12.0. The summed E-state index contributed by atoms with van der Waals surface area (Å²) in [4.78, 5) is 11.4. The molecule has 1 aliphatic rings. The van der Waals surface area contributed by atoms with E-state index in [1.165, 1.54) is 24.3 Å². The predicted octanol–water partition coefficient (Wildman–Crippen LogP) is 3.43. The Kier molecular flexibility index (Phi) is 4.18. The van der Waals surface area contributed by atoms with Crippen LogP contribution in [0, 0.1) is 5.82 Å². The van der Waals surface area contributed by atoms with Gasteiger partial charge in [0, 0.05) is 18.2 Å². The monoisotopic (exact) mass is 380 g/mol. The Hall–Kier alpha value is -2.61. The number of fused-ring (bicyclic) bond motifs is 1. The fourth-order valence-corrected chi connectivity index (χ4v) is 3.43. The SMILES string of the molecule is CC1(C)Cc2c(cc(C(=O)O)c(F)c2Oc2ccc(S(C)(=O)=O)cc2)O1. The zero-order valence-electron chi connectivity index (χ0n) is 14.4. The first-order valence-corrected chi connectivity index (χ1v) is 9.63. The lowest BCUT2D eigenvalue weighted by Crippen LogP contribution is -2.24. The second-order valence-electron chi connectivity index (χ2n) is 6.73. The van der Waals surface area contributed by atoms with Crippen LogP contribution in [-0.2, 0) is 16.3 Å². The minimum atomic E-state index is -3.37. The lowest BCUT2D eigenvalue weighted by atomic mass is 9.99. The molecular weight excluding hydrogens is 363 g/mol. The minimum absolute atomic E-state index is 0.0966. The maximum atomic E-state index is 14.7. The fourth-order valence-electron chi connectivity index (χ4n) is 2.80. The van der Waals surface area contributed by atoms with E-state index in [4.69, 9.17) is 9.47 Å². The maximum absolute atomic E-state index is 14.7. The number of hydrogen-bond acceptors (Lipinski definition) is 5. The van der Waals surface area contributed by atoms with Gasteiger partial charge in [0.15, 0.2) is 21.4 Å². The second-order valence-corrected chi connectivity index (χ2v) is 8.75. The van der Waals surface area contributed by atoms with Crippen molar-refractivity contribution in [3.8, 4) is 17.2 Å². The van der Waals surface area contributed by atoms with E-state index >= 15 is 0 Å². The third-order valence-corrected chi connectivity index (χ3v) is 5.10. The summed E-state index contributed by atoms with van der Waals surface area (Å²) in [5.74, 6) is -2.21. The van der Waals surface area contributed by atoms with Crippen molar-refractivity contribution in [2.45, 2.75) is 30.8 Å². The van der Waals surface area contributed by atoms with Gasteiger partial charge in [-0.15, -0.1) is 0 Å². The van der Waals surface area contributed by atoms with Gasteiger partial charge < -0.3 is 14.6 Å². The van der Waals surface area contributed by atoms with Gasteiger partial charge in [0.05, 0.1) is 4.90 Å². The highest BCUT2D eigenvalue weighted by Gasteiger charge is 2.36. The van der Waals surface area contributed by atoms with E-state index in [0.29, 0.717) is 12.0 Å². The average Bonchev–Trinajstić information content (AvgIpc) is 2.83. The number of hydrogen-bond donors (Lipinski definition) is 1. The molecule has 1 N–H and O–H groups in total. The predicted molar refractivity (Wildman–Crippen MR) is 91.4 cm³/mol. The highest BCUT2D eigenvalue weighted by atomic mass is 32.2. The number of carbonyl (C=O) groups is 1. The average molecular weight is 380 g/mol. The van der Waals surface area contributed by atoms with Gasteiger partial charge in [-0.3, -0.25) is 0 Å². The van der Waals surface area contributed by atoms with Crippen LogP contribution in [0.3, 0.4) is 0 Å². The molecule has 0 saturated heterocycles. The summed E-state index contributed by atoms with van der Waals surface area (Å²) in [7, 11) is -3.37. The molecule has 0 bridgehead atoms. The van der Waals surface area contributed by atoms with Gasteiger partial charge in [-0.25, -0.2) is 17.6 Å². The number of aromatic carboxylic acids is 1. The molecule has 0 radical (unpaired) electrons. The van der Waals surface area contributed by atoms with E-state index < -0.39 is 32.8 Å². The molecule has 0 unspecified atom stereocenters. The summed E-state index contributed by atoms with van der Waals surface area (Å²) < 4.78 is 49.0. The molecular formula is C18H17FO6S. The first-order valence-electron chi connectivity index (χ1n) is 7.73. The van der Waals surface area contributed by atoms with Gasteiger partial charge in [0.25, 0.3) is 0 Å². The number of halogens is 1. The Labute approximate surface area is 150 Å². The van der Waals surface area contributed by atoms with Crippen LogP contribution in [0.2, 0.25) is 0 Å². The summed E-state index contributed by atoms with van der Waals surface area (Å²) in [5.41, 5.74) is -0.738. The van der Waals surface area contributed by atoms with Crippen LogP contribution in [0.1, 0.15) is 29.8 Å². The van der Waals surface area contributed by atoms with Crippen LogP contribution < -0.4 is 9.47 Å². The van der Waals surface area contributed by atoms with Crippen LogP contribution in [0.4, 0.5) is 4.39 Å². The molecule has 0 amide bonds. The second kappa shape index (κ2) is 5.98. The Bertz CT molecular complexity index is 993. The van der Waals surface area contributed by atoms with Crippen LogP contribution in [0.25, 0.3) is 0 Å². The largest absolute Gasteiger partial charge is 0.487 e. The molecule has 1 aliphatic heterocycles. The van der Waals surface area contributed by atoms with Crippen molar-refractivity contribution in [1.29, 1.82) is 0 Å². The Morgan fingerprint density at radius 3 is 2.42 bits per heavy atom. The van der Waals surface area contributed by atoms with E-state index in [0.717, 1.165) is 12.3 Å². The van der Waals surface area contributed by atoms with Crippen LogP contribution in [0.15, 0.2) is 35.2 Å². The summed E-state index contributed by atoms with van der Waals surface area (Å²) in [6, 6.07) is 6.60. The van der Waals surface area contributed by atoms with E-state index in [9.17, 15) is 22.7 Å². The van der Waals surface area contributed by atoms with Crippen molar-refractivity contribution in [2.75, 3.05) is 6.26 Å². The van der Waals surface area contributed by atoms with E-state index in [-0.39, 0.29) is 22.1 Å². The smallest absolute Gasteiger partial charge is 0.338 e. The van der Waals surface area contributed by atoms with Crippen molar-refractivity contribution >= 4 is 15.8 Å². The number of sulfone groups is 1. The normalized spacial score (nSPS) is 15.2. The lowest BCUT2D eigenvalue weighted by Gasteiger charge is -2.16. The van der Waals surface area contributed by atoms with Gasteiger partial charge in [-0.1, -0.05) is 0 Å². The molecule has 0 saturated carbocycles. The summed E-state index contributed by atoms with van der Waals surface area (Å²) >= 11 is 0. The highest BCUT2D eigenvalue weighted by molar-refractivity contribution is 7.90. The Morgan fingerprint density at radius 2 is 1.88 bits per heavy atom. The Balaban J connectivity index is 2.06. The lowest BCUT2D eigenvalue weighted by molar-refractivity contribution is 0.0689. The number of carboxylic acids is 1. The molecule has 1 heterocycles. The molecule has 138 valence electrons. The number of rotatable bonds is 4. The highest BCUT2D eigenvalue weighted by Crippen LogP contribution is 2.44. The molecule has 0 atom stereocenters. The molecule has 2 aromatic rings. The third kappa shape index (κ3) is 3.37. The van der Waals surface area contributed by atoms with Crippen LogP contribution in [-0.4, -0.2) is 31.4 Å². The standard InChI is InChI=1S/C18H17FO6S/c1-18(2)9-13-14(25-18)8-12(17(20)21)15(19)16(13)24-10-4-6-11(7-5-10)26(3,22)23/h4-8H,9H2,1-3H3,(H,20,21). The molecule has 3 rings (SSSR count). The summed E-state index contributed by atoms with van der Waals surface area (Å²) in [5, 5.41) is 9.23. The quantitative estimate of drug-likeness (QED) is 0.874. The van der Waals surface area contributed by atoms with Gasteiger partial charge in [-0.05, 0) is 44.2 Å². The van der Waals surface area contributed by atoms with Gasteiger partial charge in [-0.2, -0.15) is 0 Å². The topological polar surface area (TPSA) is 89.9 Å². The molecule has 2 aromatic carbocycles. The van der Waals surface area contributed by atoms with E-state index in [2.05, 4.69) is 0 Å². The zero-order valence-corrected chi connectivity index (χ0v) is 15.2. The van der Waals surface area contributed by atoms with Gasteiger partial charge in [0.2, 0.25) is 0 Å². The number of carboxylic acid groups (broad SMARTS) is 1. The fraction of sp³-hybridized carbons (Fsp3) is 0.278. The zero-order chi connectivity index (χ0) is 19.3. The molecule has 6 nitrogen and oxygen atoms in total. The van der Waals surface area contributed by atoms with Crippen molar-refractivity contribution in [3.05, 3.63) is 47.3 Å². The minimum Gasteiger partial charge on any atom is -0.487 e. The number of benzene rings is 2. The van der Waals surface area contributed by atoms with Gasteiger partial charge in [0.1, 0.15) is 22.7 Å². The van der Waals surface area contributed by atoms with E-state index in [1.54, 1.807) is 13.8 Å². The molecule has 0 fully saturated rings. The molecule has 0 spiro atoms. The van der Waals surface area contributed by atoms with Crippen molar-refractivity contribution < 1.29 is 32.2 Å². The van der Waals surface area contributed by atoms with Gasteiger partial charge >= 0.3 is 5.97 Å². The van der Waals surface area contributed by atoms with Crippen molar-refractivity contribution in [2.24, 2.45) is 0 Å². The van der Waals surface area contributed by atoms with E-state index in [1.807, 2.05) is 0 Å². The third-order valence-electron chi connectivity index (χ3n) is 3.97. The summed E-state index contributed by atoms with van der Waals surface area (Å²) in [6.45, 7) is 3.60. The molecule has 0 aliphatic carbocycles. The van der Waals surface area contributed by atoms with Crippen LogP contribution in [0.5, 0.6) is 17.2 Å². The molecule has 0 aromatic heterocycles. The number of ether oxygens (including phenoxy) is 2.